The molecule has 1 N–H and O–H groups in total. The van der Waals surface area contributed by atoms with E-state index in [0.29, 0.717) is 17.5 Å². The molecule has 0 unspecified atom stereocenters. The Bertz CT molecular complexity index is 891. The number of nitrogens with one attached hydrogen (secondary N) is 1. The van der Waals surface area contributed by atoms with Gasteiger partial charge in [0.15, 0.2) is 0 Å². The molecule has 0 fully saturated rings. The van der Waals surface area contributed by atoms with E-state index in [9.17, 15) is 19.3 Å². The van der Waals surface area contributed by atoms with Crippen LogP contribution < -0.4 is 5.32 Å². The molecule has 7 nitrogen and oxygen atoms in total. The van der Waals surface area contributed by atoms with Gasteiger partial charge in [0.05, 0.1) is 4.92 Å². The third-order valence-electron chi connectivity index (χ3n) is 3.90. The molecule has 1 amide bonds. The maximum atomic E-state index is 13.3. The SMILES string of the molecule is Cc1cc(F)ccc1Cc1cnc(NC(=O)OC(C)(C)C)c([N+](=O)[O-])c1C. The first-order valence-electron chi connectivity index (χ1n) is 8.36. The van der Waals surface area contributed by atoms with Gasteiger partial charge in [0, 0.05) is 11.8 Å². The third-order valence-corrected chi connectivity index (χ3v) is 3.90. The number of hydrogen-bond donors (Lipinski definition) is 1. The highest BCUT2D eigenvalue weighted by atomic mass is 19.1. The first kappa shape index (κ1) is 20.3. The molecule has 0 aliphatic rings. The maximum Gasteiger partial charge on any atom is 0.413 e. The minimum absolute atomic E-state index is 0.175. The molecule has 0 bridgehead atoms. The summed E-state index contributed by atoms with van der Waals surface area (Å²) in [5.74, 6) is -0.514. The van der Waals surface area contributed by atoms with Gasteiger partial charge in [-0.2, -0.15) is 0 Å². The lowest BCUT2D eigenvalue weighted by molar-refractivity contribution is -0.384. The molecule has 1 heterocycles. The molecule has 0 aliphatic heterocycles. The number of benzene rings is 1. The highest BCUT2D eigenvalue weighted by Gasteiger charge is 2.25. The van der Waals surface area contributed by atoms with Gasteiger partial charge in [0.25, 0.3) is 0 Å². The number of pyridine rings is 1. The molecule has 1 aromatic heterocycles. The molecule has 2 rings (SSSR count). The van der Waals surface area contributed by atoms with Crippen molar-refractivity contribution in [1.82, 2.24) is 4.98 Å². The Labute approximate surface area is 156 Å². The highest BCUT2D eigenvalue weighted by Crippen LogP contribution is 2.30. The summed E-state index contributed by atoms with van der Waals surface area (Å²) in [6.07, 6.45) is 1.01. The van der Waals surface area contributed by atoms with E-state index in [4.69, 9.17) is 4.74 Å². The largest absolute Gasteiger partial charge is 0.444 e. The van der Waals surface area contributed by atoms with Crippen molar-refractivity contribution in [3.63, 3.8) is 0 Å². The van der Waals surface area contributed by atoms with Crippen LogP contribution in [0.25, 0.3) is 0 Å². The number of halogens is 1. The van der Waals surface area contributed by atoms with Crippen LogP contribution >= 0.6 is 0 Å². The van der Waals surface area contributed by atoms with Crippen molar-refractivity contribution < 1.29 is 18.8 Å². The summed E-state index contributed by atoms with van der Waals surface area (Å²) in [4.78, 5) is 26.9. The molecule has 2 aromatic rings. The van der Waals surface area contributed by atoms with Crippen molar-refractivity contribution in [3.05, 3.63) is 62.6 Å². The van der Waals surface area contributed by atoms with Gasteiger partial charge in [-0.15, -0.1) is 0 Å². The van der Waals surface area contributed by atoms with Crippen LogP contribution in [-0.2, 0) is 11.2 Å². The van der Waals surface area contributed by atoms with Gasteiger partial charge in [-0.1, -0.05) is 6.07 Å². The van der Waals surface area contributed by atoms with E-state index in [1.54, 1.807) is 40.7 Å². The second-order valence-electron chi connectivity index (χ2n) is 7.24. The van der Waals surface area contributed by atoms with E-state index in [-0.39, 0.29) is 17.3 Å². The Balaban J connectivity index is 2.36. The number of anilines is 1. The van der Waals surface area contributed by atoms with Crippen LogP contribution in [0.15, 0.2) is 24.4 Å². The zero-order valence-electron chi connectivity index (χ0n) is 15.9. The number of nitro groups is 1. The first-order chi connectivity index (χ1) is 12.5. The number of amides is 1. The second-order valence-corrected chi connectivity index (χ2v) is 7.24. The van der Waals surface area contributed by atoms with Crippen molar-refractivity contribution in [2.75, 3.05) is 5.32 Å². The van der Waals surface area contributed by atoms with Crippen LogP contribution in [0.5, 0.6) is 0 Å². The van der Waals surface area contributed by atoms with E-state index >= 15 is 0 Å². The fourth-order valence-corrected chi connectivity index (χ4v) is 2.59. The smallest absolute Gasteiger partial charge is 0.413 e. The predicted molar refractivity (Wildman–Crippen MR) is 99.4 cm³/mol. The molecule has 0 saturated carbocycles. The number of ether oxygens (including phenoxy) is 1. The first-order valence-corrected chi connectivity index (χ1v) is 8.36. The minimum atomic E-state index is -0.820. The molecular weight excluding hydrogens is 353 g/mol. The Kier molecular flexibility index (Phi) is 5.78. The van der Waals surface area contributed by atoms with Crippen LogP contribution in [0.1, 0.15) is 43.0 Å². The van der Waals surface area contributed by atoms with Crippen molar-refractivity contribution in [2.24, 2.45) is 0 Å². The van der Waals surface area contributed by atoms with Crippen LogP contribution in [0, 0.1) is 29.8 Å². The average Bonchev–Trinajstić information content (AvgIpc) is 2.50. The normalized spacial score (nSPS) is 11.2. The molecule has 0 atom stereocenters. The number of aromatic nitrogens is 1. The molecule has 144 valence electrons. The summed E-state index contributed by atoms with van der Waals surface area (Å²) < 4.78 is 18.4. The zero-order chi connectivity index (χ0) is 20.4. The standard InChI is InChI=1S/C19H22FN3O4/c1-11-8-15(20)7-6-13(11)9-14-10-21-17(16(12(14)2)23(25)26)22-18(24)27-19(3,4)5/h6-8,10H,9H2,1-5H3,(H,21,22,24). The number of carbonyl (C=O) groups excluding carboxylic acids is 1. The van der Waals surface area contributed by atoms with Gasteiger partial charge >= 0.3 is 11.8 Å². The number of nitrogens with zero attached hydrogens (tertiary/aromatic N) is 2. The van der Waals surface area contributed by atoms with E-state index in [0.717, 1.165) is 11.1 Å². The molecule has 0 saturated heterocycles. The van der Waals surface area contributed by atoms with E-state index in [2.05, 4.69) is 10.3 Å². The topological polar surface area (TPSA) is 94.4 Å². The highest BCUT2D eigenvalue weighted by molar-refractivity contribution is 5.87. The van der Waals surface area contributed by atoms with Crippen LogP contribution in [-0.4, -0.2) is 21.6 Å². The van der Waals surface area contributed by atoms with Crippen molar-refractivity contribution >= 4 is 17.6 Å². The monoisotopic (exact) mass is 375 g/mol. The lowest BCUT2D eigenvalue weighted by Gasteiger charge is -2.19. The Morgan fingerprint density at radius 2 is 1.96 bits per heavy atom. The van der Waals surface area contributed by atoms with Crippen LogP contribution in [0.2, 0.25) is 0 Å². The Morgan fingerprint density at radius 3 is 2.52 bits per heavy atom. The molecular formula is C19H22FN3O4. The lowest BCUT2D eigenvalue weighted by Crippen LogP contribution is -2.27. The maximum absolute atomic E-state index is 13.3. The molecule has 8 heteroatoms. The predicted octanol–water partition coefficient (Wildman–Crippen LogP) is 4.68. The number of rotatable bonds is 4. The summed E-state index contributed by atoms with van der Waals surface area (Å²) in [6, 6.07) is 4.39. The third kappa shape index (κ3) is 5.22. The number of aryl methyl sites for hydroxylation is 1. The van der Waals surface area contributed by atoms with Gasteiger partial charge in [-0.05, 0) is 69.9 Å². The van der Waals surface area contributed by atoms with Crippen molar-refractivity contribution in [1.29, 1.82) is 0 Å². The van der Waals surface area contributed by atoms with Gasteiger partial charge in [0.2, 0.25) is 5.82 Å². The Hall–Kier alpha value is -3.03. The molecule has 0 aliphatic carbocycles. The van der Waals surface area contributed by atoms with Crippen LogP contribution in [0.4, 0.5) is 20.7 Å². The summed E-state index contributed by atoms with van der Waals surface area (Å²) in [5.41, 5.74) is 1.54. The summed E-state index contributed by atoms with van der Waals surface area (Å²) in [6.45, 7) is 8.43. The number of hydrogen-bond acceptors (Lipinski definition) is 5. The van der Waals surface area contributed by atoms with Crippen molar-refractivity contribution in [2.45, 2.75) is 46.6 Å². The van der Waals surface area contributed by atoms with Crippen LogP contribution in [0.3, 0.4) is 0 Å². The van der Waals surface area contributed by atoms with E-state index < -0.39 is 16.6 Å². The quantitative estimate of drug-likeness (QED) is 0.618. The molecule has 1 aromatic carbocycles. The van der Waals surface area contributed by atoms with E-state index in [1.165, 1.54) is 18.3 Å². The van der Waals surface area contributed by atoms with Gasteiger partial charge in [0.1, 0.15) is 11.4 Å². The second kappa shape index (κ2) is 7.69. The van der Waals surface area contributed by atoms with Gasteiger partial charge < -0.3 is 4.74 Å². The van der Waals surface area contributed by atoms with Gasteiger partial charge in [-0.25, -0.2) is 14.2 Å². The lowest BCUT2D eigenvalue weighted by atomic mass is 9.98. The van der Waals surface area contributed by atoms with Crippen molar-refractivity contribution in [3.8, 4) is 0 Å². The fourth-order valence-electron chi connectivity index (χ4n) is 2.59. The molecule has 27 heavy (non-hydrogen) atoms. The number of carbonyl (C=O) groups is 1. The summed E-state index contributed by atoms with van der Waals surface area (Å²) in [7, 11) is 0. The molecule has 0 spiro atoms. The summed E-state index contributed by atoms with van der Waals surface area (Å²) in [5, 5.41) is 13.9. The minimum Gasteiger partial charge on any atom is -0.444 e. The van der Waals surface area contributed by atoms with E-state index in [1.807, 2.05) is 0 Å². The summed E-state index contributed by atoms with van der Waals surface area (Å²) >= 11 is 0. The average molecular weight is 375 g/mol. The Morgan fingerprint density at radius 1 is 1.30 bits per heavy atom. The fraction of sp³-hybridized carbons (Fsp3) is 0.368. The van der Waals surface area contributed by atoms with Gasteiger partial charge in [-0.3, -0.25) is 15.4 Å². The zero-order valence-corrected chi connectivity index (χ0v) is 15.9. The molecule has 0 radical (unpaired) electrons.